The van der Waals surface area contributed by atoms with E-state index in [1.807, 2.05) is 25.1 Å². The summed E-state index contributed by atoms with van der Waals surface area (Å²) in [7, 11) is 3.79. The Morgan fingerprint density at radius 3 is 2.79 bits per heavy atom. The van der Waals surface area contributed by atoms with Gasteiger partial charge in [0, 0.05) is 39.2 Å². The molecule has 126 valence electrons. The maximum atomic E-state index is 12.5. The second-order valence-electron chi connectivity index (χ2n) is 5.93. The highest BCUT2D eigenvalue weighted by atomic mass is 16.5. The molecule has 0 spiro atoms. The molecule has 0 N–H and O–H groups in total. The van der Waals surface area contributed by atoms with Crippen molar-refractivity contribution in [2.75, 3.05) is 32.1 Å². The lowest BCUT2D eigenvalue weighted by Crippen LogP contribution is -2.44. The van der Waals surface area contributed by atoms with E-state index in [9.17, 15) is 4.79 Å². The Balaban J connectivity index is 1.69. The number of hydrogen-bond donors (Lipinski definition) is 0. The molecule has 1 fully saturated rings. The van der Waals surface area contributed by atoms with Gasteiger partial charge in [0.05, 0.1) is 6.54 Å². The van der Waals surface area contributed by atoms with Gasteiger partial charge >= 0.3 is 0 Å². The number of aromatic nitrogens is 3. The maximum Gasteiger partial charge on any atom is 0.272 e. The number of ether oxygens (including phenoxy) is 1. The molecule has 0 aromatic carbocycles. The lowest BCUT2D eigenvalue weighted by Gasteiger charge is -2.32. The predicted octanol–water partition coefficient (Wildman–Crippen LogP) is 1.62. The number of hydrogen-bond acceptors (Lipinski definition) is 6. The Labute approximate surface area is 141 Å². The first kappa shape index (κ1) is 16.2. The lowest BCUT2D eigenvalue weighted by atomic mass is 10.1. The molecule has 1 saturated heterocycles. The monoisotopic (exact) mass is 327 g/mol. The third-order valence-electron chi connectivity index (χ3n) is 3.90. The zero-order valence-electron chi connectivity index (χ0n) is 13.9. The zero-order valence-corrected chi connectivity index (χ0v) is 13.9. The van der Waals surface area contributed by atoms with Gasteiger partial charge in [-0.25, -0.2) is 9.97 Å². The van der Waals surface area contributed by atoms with Gasteiger partial charge in [0.1, 0.15) is 11.8 Å². The summed E-state index contributed by atoms with van der Waals surface area (Å²) in [5.74, 6) is 1.13. The van der Waals surface area contributed by atoms with Crippen LogP contribution in [0.4, 0.5) is 5.82 Å². The van der Waals surface area contributed by atoms with E-state index in [0.29, 0.717) is 23.9 Å². The van der Waals surface area contributed by atoms with Crippen molar-refractivity contribution < 1.29 is 9.53 Å². The highest BCUT2D eigenvalue weighted by Crippen LogP contribution is 2.24. The first-order valence-electron chi connectivity index (χ1n) is 8.00. The molecule has 0 bridgehead atoms. The second-order valence-corrected chi connectivity index (χ2v) is 5.93. The number of pyridine rings is 1. The number of piperidine rings is 1. The van der Waals surface area contributed by atoms with Gasteiger partial charge in [-0.15, -0.1) is 0 Å². The van der Waals surface area contributed by atoms with Crippen LogP contribution in [0.1, 0.15) is 23.3 Å². The van der Waals surface area contributed by atoms with Crippen molar-refractivity contribution in [1.82, 2.24) is 19.9 Å². The van der Waals surface area contributed by atoms with Crippen LogP contribution in [0.15, 0.2) is 36.8 Å². The molecule has 24 heavy (non-hydrogen) atoms. The van der Waals surface area contributed by atoms with Crippen LogP contribution < -0.4 is 9.64 Å². The smallest absolute Gasteiger partial charge is 0.272 e. The normalized spacial score (nSPS) is 17.4. The fourth-order valence-electron chi connectivity index (χ4n) is 2.74. The minimum atomic E-state index is -0.0955. The fourth-order valence-corrected chi connectivity index (χ4v) is 2.74. The van der Waals surface area contributed by atoms with Gasteiger partial charge in [0.25, 0.3) is 11.8 Å². The van der Waals surface area contributed by atoms with Crippen LogP contribution in [0.2, 0.25) is 0 Å². The summed E-state index contributed by atoms with van der Waals surface area (Å²) in [6.07, 6.45) is 6.56. The third kappa shape index (κ3) is 3.61. The Morgan fingerprint density at radius 1 is 1.21 bits per heavy atom. The Hall–Kier alpha value is -2.70. The van der Waals surface area contributed by atoms with Crippen molar-refractivity contribution in [2.45, 2.75) is 18.9 Å². The Kier molecular flexibility index (Phi) is 4.88. The summed E-state index contributed by atoms with van der Waals surface area (Å²) in [4.78, 5) is 28.9. The number of nitrogens with zero attached hydrogens (tertiary/aromatic N) is 5. The molecule has 1 unspecified atom stereocenters. The van der Waals surface area contributed by atoms with E-state index >= 15 is 0 Å². The van der Waals surface area contributed by atoms with E-state index in [1.54, 1.807) is 35.6 Å². The number of likely N-dealkylation sites (tertiary alicyclic amines) is 1. The van der Waals surface area contributed by atoms with E-state index in [-0.39, 0.29) is 12.0 Å². The van der Waals surface area contributed by atoms with Gasteiger partial charge < -0.3 is 14.5 Å². The van der Waals surface area contributed by atoms with Crippen LogP contribution in [-0.4, -0.2) is 59.0 Å². The van der Waals surface area contributed by atoms with Crippen LogP contribution in [0.3, 0.4) is 0 Å². The quantitative estimate of drug-likeness (QED) is 0.850. The first-order valence-corrected chi connectivity index (χ1v) is 8.00. The van der Waals surface area contributed by atoms with E-state index in [4.69, 9.17) is 4.74 Å². The molecule has 7 heteroatoms. The molecule has 7 nitrogen and oxygen atoms in total. The summed E-state index contributed by atoms with van der Waals surface area (Å²) in [5.41, 5.74) is 0.464. The molecule has 2 aromatic rings. The van der Waals surface area contributed by atoms with Crippen LogP contribution in [0.5, 0.6) is 5.88 Å². The number of carbonyl (C=O) groups is 1. The van der Waals surface area contributed by atoms with Crippen LogP contribution in [0.25, 0.3) is 0 Å². The Morgan fingerprint density at radius 2 is 2.04 bits per heavy atom. The maximum absolute atomic E-state index is 12.5. The van der Waals surface area contributed by atoms with Gasteiger partial charge in [-0.05, 0) is 25.0 Å². The van der Waals surface area contributed by atoms with Crippen LogP contribution in [0, 0.1) is 0 Å². The summed E-state index contributed by atoms with van der Waals surface area (Å²) < 4.78 is 6.03. The number of carbonyl (C=O) groups excluding carboxylic acids is 1. The molecule has 3 heterocycles. The van der Waals surface area contributed by atoms with Gasteiger partial charge in [-0.3, -0.25) is 9.78 Å². The number of rotatable bonds is 4. The number of anilines is 1. The average molecular weight is 327 g/mol. The largest absolute Gasteiger partial charge is 0.470 e. The number of amides is 1. The van der Waals surface area contributed by atoms with Crippen molar-refractivity contribution in [3.63, 3.8) is 0 Å². The molecule has 1 amide bonds. The van der Waals surface area contributed by atoms with Gasteiger partial charge in [-0.1, -0.05) is 6.07 Å². The van der Waals surface area contributed by atoms with Crippen molar-refractivity contribution in [3.8, 4) is 5.88 Å². The van der Waals surface area contributed by atoms with Crippen molar-refractivity contribution >= 4 is 11.7 Å². The summed E-state index contributed by atoms with van der Waals surface area (Å²) in [5, 5.41) is 0. The van der Waals surface area contributed by atoms with E-state index < -0.39 is 0 Å². The van der Waals surface area contributed by atoms with Gasteiger partial charge in [0.15, 0.2) is 5.82 Å². The average Bonchev–Trinajstić information content (AvgIpc) is 2.62. The molecule has 2 aromatic heterocycles. The summed E-state index contributed by atoms with van der Waals surface area (Å²) >= 11 is 0. The molecule has 1 atom stereocenters. The van der Waals surface area contributed by atoms with E-state index in [1.165, 1.54) is 0 Å². The van der Waals surface area contributed by atoms with Gasteiger partial charge in [0.2, 0.25) is 0 Å². The highest BCUT2D eigenvalue weighted by Gasteiger charge is 2.27. The van der Waals surface area contributed by atoms with Crippen molar-refractivity contribution in [3.05, 3.63) is 42.5 Å². The summed E-state index contributed by atoms with van der Waals surface area (Å²) in [6, 6.07) is 5.36. The topological polar surface area (TPSA) is 71.5 Å². The van der Waals surface area contributed by atoms with Gasteiger partial charge in [-0.2, -0.15) is 0 Å². The van der Waals surface area contributed by atoms with Crippen LogP contribution in [-0.2, 0) is 0 Å². The third-order valence-corrected chi connectivity index (χ3v) is 3.90. The summed E-state index contributed by atoms with van der Waals surface area (Å²) in [6.45, 7) is 1.25. The molecule has 0 aliphatic carbocycles. The minimum Gasteiger partial charge on any atom is -0.470 e. The lowest BCUT2D eigenvalue weighted by molar-refractivity contribution is 0.0523. The second kappa shape index (κ2) is 7.25. The Bertz CT molecular complexity index is 692. The highest BCUT2D eigenvalue weighted by molar-refractivity contribution is 5.92. The SMILES string of the molecule is CN(C)c1nccnc1OC1CCCN(C(=O)c2ccccn2)C1. The fraction of sp³-hybridized carbons (Fsp3) is 0.412. The molecular formula is C17H21N5O2. The van der Waals surface area contributed by atoms with E-state index in [0.717, 1.165) is 19.4 Å². The molecule has 0 saturated carbocycles. The van der Waals surface area contributed by atoms with Crippen molar-refractivity contribution in [2.24, 2.45) is 0 Å². The first-order chi connectivity index (χ1) is 11.6. The standard InChI is InChI=1S/C17H21N5O2/c1-21(2)15-16(20-10-9-19-15)24-13-6-5-11-22(12-13)17(23)14-7-3-4-8-18-14/h3-4,7-10,13H,5-6,11-12H2,1-2H3. The molecular weight excluding hydrogens is 306 g/mol. The zero-order chi connectivity index (χ0) is 16.9. The van der Waals surface area contributed by atoms with Crippen molar-refractivity contribution in [1.29, 1.82) is 0 Å². The van der Waals surface area contributed by atoms with Crippen LogP contribution >= 0.6 is 0 Å². The molecule has 1 aliphatic heterocycles. The minimum absolute atomic E-state index is 0.0594. The predicted molar refractivity (Wildman–Crippen MR) is 90.1 cm³/mol. The molecule has 0 radical (unpaired) electrons. The molecule has 1 aliphatic rings. The molecule has 3 rings (SSSR count). The van der Waals surface area contributed by atoms with E-state index in [2.05, 4.69) is 15.0 Å².